The van der Waals surface area contributed by atoms with Gasteiger partial charge in [0, 0.05) is 17.8 Å². The molecular weight excluding hydrogens is 290 g/mol. The van der Waals surface area contributed by atoms with Gasteiger partial charge in [-0.25, -0.2) is 4.98 Å². The lowest BCUT2D eigenvalue weighted by Gasteiger charge is -2.05. The molecule has 0 unspecified atom stereocenters. The van der Waals surface area contributed by atoms with Gasteiger partial charge in [-0.3, -0.25) is 4.79 Å². The Balaban J connectivity index is 1.69. The number of rotatable bonds is 4. The van der Waals surface area contributed by atoms with E-state index in [0.717, 1.165) is 29.7 Å². The Labute approximate surface area is 133 Å². The minimum absolute atomic E-state index is 0.0526. The molecule has 2 N–H and O–H groups in total. The maximum atomic E-state index is 12.6. The molecule has 1 amide bonds. The third-order valence-electron chi connectivity index (χ3n) is 4.10. The molecule has 0 saturated heterocycles. The van der Waals surface area contributed by atoms with Crippen molar-refractivity contribution in [1.29, 1.82) is 0 Å². The highest BCUT2D eigenvalue weighted by atomic mass is 16.3. The van der Waals surface area contributed by atoms with Crippen molar-refractivity contribution in [2.45, 2.75) is 25.4 Å². The molecule has 1 aliphatic rings. The number of carbonyl (C=O) groups is 1. The standard InChI is InChI=1S/C18H17N3O2/c22-11-12-4-3-5-14(10-12)19-18(23)16-15-6-1-2-9-21(15)17(20-16)13-7-8-13/h1-6,9-10,13,22H,7-8,11H2,(H,19,23). The van der Waals surface area contributed by atoms with Crippen molar-refractivity contribution in [3.63, 3.8) is 0 Å². The second-order valence-electron chi connectivity index (χ2n) is 5.86. The Hall–Kier alpha value is -2.66. The van der Waals surface area contributed by atoms with Crippen molar-refractivity contribution in [1.82, 2.24) is 9.38 Å². The molecule has 0 bridgehead atoms. The zero-order valence-corrected chi connectivity index (χ0v) is 12.6. The van der Waals surface area contributed by atoms with Gasteiger partial charge in [-0.15, -0.1) is 0 Å². The number of hydrogen-bond acceptors (Lipinski definition) is 3. The van der Waals surface area contributed by atoms with Gasteiger partial charge in [0.25, 0.3) is 5.91 Å². The van der Waals surface area contributed by atoms with E-state index in [1.54, 1.807) is 12.1 Å². The van der Waals surface area contributed by atoms with Gasteiger partial charge in [-0.2, -0.15) is 0 Å². The SMILES string of the molecule is O=C(Nc1cccc(CO)c1)c1nc(C2CC2)n2ccccc12. The van der Waals surface area contributed by atoms with E-state index in [-0.39, 0.29) is 12.5 Å². The summed E-state index contributed by atoms with van der Waals surface area (Å²) in [4.78, 5) is 17.2. The summed E-state index contributed by atoms with van der Waals surface area (Å²) in [6.07, 6.45) is 4.22. The van der Waals surface area contributed by atoms with Crippen molar-refractivity contribution in [3.8, 4) is 0 Å². The van der Waals surface area contributed by atoms with Crippen molar-refractivity contribution in [2.24, 2.45) is 0 Å². The topological polar surface area (TPSA) is 66.6 Å². The van der Waals surface area contributed by atoms with Gasteiger partial charge in [0.2, 0.25) is 0 Å². The number of fused-ring (bicyclic) bond motifs is 1. The van der Waals surface area contributed by atoms with Crippen LogP contribution in [-0.2, 0) is 6.61 Å². The minimum atomic E-state index is -0.226. The zero-order valence-electron chi connectivity index (χ0n) is 12.6. The highest BCUT2D eigenvalue weighted by Gasteiger charge is 2.30. The summed E-state index contributed by atoms with van der Waals surface area (Å²) in [7, 11) is 0. The maximum absolute atomic E-state index is 12.6. The van der Waals surface area contributed by atoms with E-state index < -0.39 is 0 Å². The first kappa shape index (κ1) is 14.0. The fraction of sp³-hybridized carbons (Fsp3) is 0.222. The molecule has 23 heavy (non-hydrogen) atoms. The predicted octanol–water partition coefficient (Wildman–Crippen LogP) is 2.96. The number of pyridine rings is 1. The first-order valence-electron chi connectivity index (χ1n) is 7.74. The molecule has 3 aromatic rings. The van der Waals surface area contributed by atoms with E-state index >= 15 is 0 Å². The number of imidazole rings is 1. The second kappa shape index (κ2) is 5.52. The van der Waals surface area contributed by atoms with Crippen molar-refractivity contribution < 1.29 is 9.90 Å². The Morgan fingerprint density at radius 2 is 2.13 bits per heavy atom. The van der Waals surface area contributed by atoms with Crippen LogP contribution in [0, 0.1) is 0 Å². The number of aromatic nitrogens is 2. The summed E-state index contributed by atoms with van der Waals surface area (Å²) in [5, 5.41) is 12.1. The number of hydrogen-bond donors (Lipinski definition) is 2. The monoisotopic (exact) mass is 307 g/mol. The van der Waals surface area contributed by atoms with Crippen LogP contribution in [0.4, 0.5) is 5.69 Å². The maximum Gasteiger partial charge on any atom is 0.276 e. The normalized spacial score (nSPS) is 14.1. The highest BCUT2D eigenvalue weighted by molar-refractivity contribution is 6.07. The molecule has 2 heterocycles. The summed E-state index contributed by atoms with van der Waals surface area (Å²) in [6, 6.07) is 13.0. The first-order chi connectivity index (χ1) is 11.3. The Kier molecular flexibility index (Phi) is 3.35. The van der Waals surface area contributed by atoms with E-state index in [2.05, 4.69) is 10.3 Å². The molecule has 0 spiro atoms. The molecule has 0 aliphatic heterocycles. The van der Waals surface area contributed by atoms with Gasteiger partial charge in [-0.1, -0.05) is 18.2 Å². The molecule has 5 heteroatoms. The van der Waals surface area contributed by atoms with E-state index in [1.807, 2.05) is 40.9 Å². The van der Waals surface area contributed by atoms with Crippen LogP contribution in [-0.4, -0.2) is 20.4 Å². The van der Waals surface area contributed by atoms with Crippen LogP contribution in [0.3, 0.4) is 0 Å². The van der Waals surface area contributed by atoms with Crippen molar-refractivity contribution >= 4 is 17.1 Å². The van der Waals surface area contributed by atoms with Crippen LogP contribution >= 0.6 is 0 Å². The van der Waals surface area contributed by atoms with Crippen LogP contribution in [0.15, 0.2) is 48.7 Å². The Morgan fingerprint density at radius 3 is 2.91 bits per heavy atom. The Bertz CT molecular complexity index is 881. The molecule has 0 atom stereocenters. The first-order valence-corrected chi connectivity index (χ1v) is 7.74. The fourth-order valence-electron chi connectivity index (χ4n) is 2.80. The summed E-state index contributed by atoms with van der Waals surface area (Å²) in [6.45, 7) is -0.0526. The van der Waals surface area contributed by atoms with Crippen LogP contribution in [0.25, 0.3) is 5.52 Å². The molecular formula is C18H17N3O2. The van der Waals surface area contributed by atoms with Crippen LogP contribution in [0.2, 0.25) is 0 Å². The smallest absolute Gasteiger partial charge is 0.276 e. The predicted molar refractivity (Wildman–Crippen MR) is 87.5 cm³/mol. The third kappa shape index (κ3) is 2.59. The van der Waals surface area contributed by atoms with Crippen LogP contribution in [0.1, 0.15) is 40.6 Å². The van der Waals surface area contributed by atoms with Gasteiger partial charge < -0.3 is 14.8 Å². The molecule has 1 saturated carbocycles. The second-order valence-corrected chi connectivity index (χ2v) is 5.86. The van der Waals surface area contributed by atoms with Gasteiger partial charge in [-0.05, 0) is 42.7 Å². The average molecular weight is 307 g/mol. The lowest BCUT2D eigenvalue weighted by molar-refractivity contribution is 0.102. The van der Waals surface area contributed by atoms with E-state index in [0.29, 0.717) is 17.3 Å². The minimum Gasteiger partial charge on any atom is -0.392 e. The molecule has 5 nitrogen and oxygen atoms in total. The molecule has 1 fully saturated rings. The highest BCUT2D eigenvalue weighted by Crippen LogP contribution is 2.40. The fourth-order valence-corrected chi connectivity index (χ4v) is 2.80. The number of nitrogens with one attached hydrogen (secondary N) is 1. The number of carbonyl (C=O) groups excluding carboxylic acids is 1. The lowest BCUT2D eigenvalue weighted by Crippen LogP contribution is -2.13. The number of aliphatic hydroxyl groups is 1. The molecule has 2 aromatic heterocycles. The van der Waals surface area contributed by atoms with Gasteiger partial charge in [0.1, 0.15) is 5.82 Å². The summed E-state index contributed by atoms with van der Waals surface area (Å²) < 4.78 is 2.01. The van der Waals surface area contributed by atoms with Crippen LogP contribution in [0.5, 0.6) is 0 Å². The van der Waals surface area contributed by atoms with Crippen molar-refractivity contribution in [2.75, 3.05) is 5.32 Å². The molecule has 1 aliphatic carbocycles. The van der Waals surface area contributed by atoms with E-state index in [4.69, 9.17) is 0 Å². The third-order valence-corrected chi connectivity index (χ3v) is 4.10. The van der Waals surface area contributed by atoms with Gasteiger partial charge in [0.15, 0.2) is 5.69 Å². The summed E-state index contributed by atoms with van der Waals surface area (Å²) in [5.74, 6) is 1.20. The molecule has 4 rings (SSSR count). The Morgan fingerprint density at radius 1 is 1.26 bits per heavy atom. The largest absolute Gasteiger partial charge is 0.392 e. The quantitative estimate of drug-likeness (QED) is 0.779. The average Bonchev–Trinajstić information content (AvgIpc) is 3.35. The van der Waals surface area contributed by atoms with Crippen LogP contribution < -0.4 is 5.32 Å². The lowest BCUT2D eigenvalue weighted by atomic mass is 10.2. The molecule has 116 valence electrons. The van der Waals surface area contributed by atoms with E-state index in [9.17, 15) is 9.90 Å². The van der Waals surface area contributed by atoms with Gasteiger partial charge in [0.05, 0.1) is 12.1 Å². The summed E-state index contributed by atoms with van der Waals surface area (Å²) >= 11 is 0. The van der Waals surface area contributed by atoms with Crippen molar-refractivity contribution in [3.05, 3.63) is 65.7 Å². The number of benzene rings is 1. The van der Waals surface area contributed by atoms with E-state index in [1.165, 1.54) is 0 Å². The number of nitrogens with zero attached hydrogens (tertiary/aromatic N) is 2. The zero-order chi connectivity index (χ0) is 15.8. The summed E-state index contributed by atoms with van der Waals surface area (Å²) in [5.41, 5.74) is 2.69. The molecule has 1 aromatic carbocycles. The molecule has 0 radical (unpaired) electrons. The number of anilines is 1. The van der Waals surface area contributed by atoms with Gasteiger partial charge >= 0.3 is 0 Å². The number of aliphatic hydroxyl groups excluding tert-OH is 1. The number of amides is 1.